The molecule has 0 fully saturated rings. The number of aromatic nitrogens is 1. The Morgan fingerprint density at radius 2 is 2.00 bits per heavy atom. The summed E-state index contributed by atoms with van der Waals surface area (Å²) in [5.74, 6) is -0.135. The molecule has 1 N–H and O–H groups in total. The number of carbonyl (C=O) groups excluding carboxylic acids is 1. The monoisotopic (exact) mass is 303 g/mol. The smallest absolute Gasteiger partial charge is 0.251 e. The third kappa shape index (κ3) is 4.46. The Morgan fingerprint density at radius 3 is 2.67 bits per heavy atom. The summed E-state index contributed by atoms with van der Waals surface area (Å²) in [6.45, 7) is 3.10. The van der Waals surface area contributed by atoms with Crippen molar-refractivity contribution in [3.8, 4) is 0 Å². The zero-order valence-electron chi connectivity index (χ0n) is 12.1. The summed E-state index contributed by atoms with van der Waals surface area (Å²) in [6, 6.07) is 13.3. The molecule has 110 valence electrons. The Kier molecular flexibility index (Phi) is 5.17. The molecular formula is C16H18ClN3O. The Balaban J connectivity index is 1.87. The van der Waals surface area contributed by atoms with Gasteiger partial charge in [-0.15, -0.1) is 0 Å². The van der Waals surface area contributed by atoms with E-state index in [0.29, 0.717) is 17.3 Å². The van der Waals surface area contributed by atoms with Crippen LogP contribution in [0.1, 0.15) is 16.1 Å². The predicted octanol–water partition coefficient (Wildman–Crippen LogP) is 2.91. The van der Waals surface area contributed by atoms with Crippen LogP contribution in [-0.4, -0.2) is 31.0 Å². The highest BCUT2D eigenvalue weighted by molar-refractivity contribution is 6.29. The fourth-order valence-electron chi connectivity index (χ4n) is 2.01. The van der Waals surface area contributed by atoms with E-state index in [-0.39, 0.29) is 5.91 Å². The van der Waals surface area contributed by atoms with Crippen LogP contribution in [0.2, 0.25) is 5.15 Å². The largest absolute Gasteiger partial charge is 0.373 e. The average molecular weight is 304 g/mol. The van der Waals surface area contributed by atoms with Crippen LogP contribution in [0.15, 0.2) is 42.5 Å². The van der Waals surface area contributed by atoms with Gasteiger partial charge < -0.3 is 10.2 Å². The minimum absolute atomic E-state index is 0.135. The molecule has 0 bridgehead atoms. The van der Waals surface area contributed by atoms with Gasteiger partial charge in [0.2, 0.25) is 0 Å². The van der Waals surface area contributed by atoms with Crippen molar-refractivity contribution in [2.24, 2.45) is 0 Å². The van der Waals surface area contributed by atoms with E-state index in [1.54, 1.807) is 12.1 Å². The topological polar surface area (TPSA) is 45.2 Å². The number of carbonyl (C=O) groups is 1. The molecular weight excluding hydrogens is 286 g/mol. The van der Waals surface area contributed by atoms with Gasteiger partial charge in [-0.2, -0.15) is 0 Å². The van der Waals surface area contributed by atoms with Gasteiger partial charge in [0.1, 0.15) is 5.15 Å². The van der Waals surface area contributed by atoms with Gasteiger partial charge in [0, 0.05) is 37.1 Å². The van der Waals surface area contributed by atoms with E-state index in [4.69, 9.17) is 11.6 Å². The van der Waals surface area contributed by atoms with Gasteiger partial charge in [0.05, 0.1) is 0 Å². The van der Waals surface area contributed by atoms with Crippen molar-refractivity contribution in [3.63, 3.8) is 0 Å². The maximum absolute atomic E-state index is 12.1. The number of pyridine rings is 1. The van der Waals surface area contributed by atoms with Crippen molar-refractivity contribution in [1.82, 2.24) is 10.3 Å². The van der Waals surface area contributed by atoms with Crippen LogP contribution in [0.3, 0.4) is 0 Å². The second kappa shape index (κ2) is 7.09. The van der Waals surface area contributed by atoms with E-state index in [2.05, 4.69) is 15.2 Å². The molecule has 0 radical (unpaired) electrons. The molecule has 0 aliphatic heterocycles. The lowest BCUT2D eigenvalue weighted by Gasteiger charge is -2.19. The van der Waals surface area contributed by atoms with Crippen LogP contribution in [-0.2, 0) is 0 Å². The lowest BCUT2D eigenvalue weighted by atomic mass is 10.2. The van der Waals surface area contributed by atoms with Crippen LogP contribution in [0.25, 0.3) is 0 Å². The predicted molar refractivity (Wildman–Crippen MR) is 86.0 cm³/mol. The summed E-state index contributed by atoms with van der Waals surface area (Å²) in [5.41, 5.74) is 2.39. The van der Waals surface area contributed by atoms with Crippen molar-refractivity contribution in [2.75, 3.05) is 25.0 Å². The molecule has 0 aliphatic carbocycles. The quantitative estimate of drug-likeness (QED) is 0.864. The number of anilines is 1. The van der Waals surface area contributed by atoms with E-state index in [0.717, 1.165) is 17.9 Å². The van der Waals surface area contributed by atoms with Gasteiger partial charge >= 0.3 is 0 Å². The van der Waals surface area contributed by atoms with Crippen molar-refractivity contribution in [3.05, 3.63) is 58.9 Å². The first-order valence-corrected chi connectivity index (χ1v) is 7.12. The Bertz CT molecular complexity index is 596. The number of rotatable bonds is 5. The van der Waals surface area contributed by atoms with Gasteiger partial charge in [-0.1, -0.05) is 29.8 Å². The van der Waals surface area contributed by atoms with Crippen LogP contribution < -0.4 is 10.2 Å². The van der Waals surface area contributed by atoms with Crippen molar-refractivity contribution in [2.45, 2.75) is 6.92 Å². The average Bonchev–Trinajstić information content (AvgIpc) is 2.47. The molecule has 0 saturated carbocycles. The summed E-state index contributed by atoms with van der Waals surface area (Å²) >= 11 is 5.86. The third-order valence-electron chi connectivity index (χ3n) is 3.11. The summed E-state index contributed by atoms with van der Waals surface area (Å²) in [5, 5.41) is 3.22. The molecule has 1 amide bonds. The number of nitrogens with one attached hydrogen (secondary N) is 1. The Morgan fingerprint density at radius 1 is 1.29 bits per heavy atom. The highest BCUT2D eigenvalue weighted by Gasteiger charge is 2.08. The lowest BCUT2D eigenvalue weighted by molar-refractivity contribution is 0.0954. The Labute approximate surface area is 129 Å². The van der Waals surface area contributed by atoms with Crippen molar-refractivity contribution < 1.29 is 4.79 Å². The molecule has 4 nitrogen and oxygen atoms in total. The van der Waals surface area contributed by atoms with E-state index in [1.165, 1.54) is 0 Å². The lowest BCUT2D eigenvalue weighted by Crippen LogP contribution is -2.33. The summed E-state index contributed by atoms with van der Waals surface area (Å²) in [6.07, 6.45) is 0. The first-order chi connectivity index (χ1) is 10.1. The standard InChI is InChI=1S/C16H18ClN3O/c1-12-10-13(11-15(17)19-12)16(21)18-8-9-20(2)14-6-4-3-5-7-14/h3-7,10-11H,8-9H2,1-2H3,(H,18,21). The molecule has 0 atom stereocenters. The summed E-state index contributed by atoms with van der Waals surface area (Å²) in [7, 11) is 1.99. The van der Waals surface area contributed by atoms with E-state index >= 15 is 0 Å². The molecule has 5 heteroatoms. The molecule has 0 saturated heterocycles. The molecule has 0 unspecified atom stereocenters. The molecule has 1 aromatic carbocycles. The highest BCUT2D eigenvalue weighted by Crippen LogP contribution is 2.11. The van der Waals surface area contributed by atoms with Crippen molar-refractivity contribution in [1.29, 1.82) is 0 Å². The van der Waals surface area contributed by atoms with Gasteiger partial charge in [-0.25, -0.2) is 4.98 Å². The molecule has 2 rings (SSSR count). The van der Waals surface area contributed by atoms with Crippen LogP contribution in [0.4, 0.5) is 5.69 Å². The summed E-state index contributed by atoms with van der Waals surface area (Å²) in [4.78, 5) is 18.2. The van der Waals surface area contributed by atoms with Crippen LogP contribution in [0, 0.1) is 6.92 Å². The number of hydrogen-bond donors (Lipinski definition) is 1. The number of nitrogens with zero attached hydrogens (tertiary/aromatic N) is 2. The van der Waals surface area contributed by atoms with Gasteiger partial charge in [-0.3, -0.25) is 4.79 Å². The molecule has 0 spiro atoms. The number of para-hydroxylation sites is 1. The van der Waals surface area contributed by atoms with Gasteiger partial charge in [-0.05, 0) is 31.2 Å². The van der Waals surface area contributed by atoms with Crippen molar-refractivity contribution >= 4 is 23.2 Å². The Hall–Kier alpha value is -2.07. The van der Waals surface area contributed by atoms with Gasteiger partial charge in [0.25, 0.3) is 5.91 Å². The number of benzene rings is 1. The number of likely N-dealkylation sites (N-methyl/N-ethyl adjacent to an activating group) is 1. The molecule has 0 aliphatic rings. The van der Waals surface area contributed by atoms with E-state index < -0.39 is 0 Å². The molecule has 1 heterocycles. The normalized spacial score (nSPS) is 10.2. The minimum atomic E-state index is -0.135. The number of hydrogen-bond acceptors (Lipinski definition) is 3. The third-order valence-corrected chi connectivity index (χ3v) is 3.31. The molecule has 1 aromatic heterocycles. The second-order valence-corrected chi connectivity index (χ2v) is 5.22. The number of aryl methyl sites for hydroxylation is 1. The number of halogens is 1. The summed E-state index contributed by atoms with van der Waals surface area (Å²) < 4.78 is 0. The molecule has 21 heavy (non-hydrogen) atoms. The first-order valence-electron chi connectivity index (χ1n) is 6.75. The minimum Gasteiger partial charge on any atom is -0.373 e. The number of amides is 1. The zero-order valence-corrected chi connectivity index (χ0v) is 12.9. The van der Waals surface area contributed by atoms with Crippen LogP contribution >= 0.6 is 11.6 Å². The zero-order chi connectivity index (χ0) is 15.2. The van der Waals surface area contributed by atoms with Crippen LogP contribution in [0.5, 0.6) is 0 Å². The van der Waals surface area contributed by atoms with E-state index in [1.807, 2.05) is 44.3 Å². The maximum atomic E-state index is 12.1. The fourth-order valence-corrected chi connectivity index (χ4v) is 2.26. The van der Waals surface area contributed by atoms with Gasteiger partial charge in [0.15, 0.2) is 0 Å². The molecule has 2 aromatic rings. The maximum Gasteiger partial charge on any atom is 0.251 e. The second-order valence-electron chi connectivity index (χ2n) is 4.83. The SMILES string of the molecule is Cc1cc(C(=O)NCCN(C)c2ccccc2)cc(Cl)n1. The van der Waals surface area contributed by atoms with E-state index in [9.17, 15) is 4.79 Å². The highest BCUT2D eigenvalue weighted by atomic mass is 35.5. The fraction of sp³-hybridized carbons (Fsp3) is 0.250. The first kappa shape index (κ1) is 15.3.